The minimum absolute atomic E-state index is 0.0792. The van der Waals surface area contributed by atoms with E-state index in [0.717, 1.165) is 21.2 Å². The minimum atomic E-state index is -1.15. The van der Waals surface area contributed by atoms with E-state index in [1.54, 1.807) is 14.2 Å². The Hall–Kier alpha value is -3.56. The Morgan fingerprint density at radius 2 is 1.84 bits per heavy atom. The van der Waals surface area contributed by atoms with Gasteiger partial charge in [-0.25, -0.2) is 4.99 Å². The summed E-state index contributed by atoms with van der Waals surface area (Å²) < 4.78 is 23.5. The topological polar surface area (TPSA) is 98.6 Å². The molecule has 0 spiro atoms. The molecule has 2 N–H and O–H groups in total. The van der Waals surface area contributed by atoms with Crippen LogP contribution in [-0.2, 0) is 22.5 Å². The Morgan fingerprint density at radius 3 is 2.53 bits per heavy atom. The van der Waals surface area contributed by atoms with Crippen molar-refractivity contribution in [2.75, 3.05) is 34.0 Å². The molecule has 0 bridgehead atoms. The van der Waals surface area contributed by atoms with Crippen LogP contribution in [-0.4, -0.2) is 56.5 Å². The van der Waals surface area contributed by atoms with E-state index in [2.05, 4.69) is 21.2 Å². The van der Waals surface area contributed by atoms with Crippen LogP contribution in [0.3, 0.4) is 0 Å². The molecule has 3 aromatic carbocycles. The predicted molar refractivity (Wildman–Crippen MR) is 148 cm³/mol. The molecule has 38 heavy (non-hydrogen) atoms. The number of rotatable bonds is 12. The summed E-state index contributed by atoms with van der Waals surface area (Å²) >= 11 is 3.47. The van der Waals surface area contributed by atoms with Crippen molar-refractivity contribution in [1.82, 2.24) is 5.32 Å². The summed E-state index contributed by atoms with van der Waals surface area (Å²) in [5.41, 5.74) is 1.35. The molecule has 1 aliphatic rings. The molecule has 9 heteroatoms. The molecule has 1 aliphatic heterocycles. The number of nitrogens with one attached hydrogen (secondary N) is 1. The molecule has 0 unspecified atom stereocenters. The average molecular weight is 583 g/mol. The van der Waals surface area contributed by atoms with E-state index in [0.29, 0.717) is 42.6 Å². The van der Waals surface area contributed by atoms with Gasteiger partial charge in [-0.05, 0) is 48.0 Å². The van der Waals surface area contributed by atoms with Crippen LogP contribution >= 0.6 is 15.9 Å². The number of nitrogens with zero attached hydrogens (tertiary/aromatic N) is 1. The molecule has 4 rings (SSSR count). The third kappa shape index (κ3) is 6.46. The molecule has 1 atom stereocenters. The number of aliphatic hydroxyl groups is 1. The van der Waals surface area contributed by atoms with Gasteiger partial charge in [0.15, 0.2) is 17.0 Å². The standard InChI is InChI=1S/C29H31BrN2O6/c1-35-25-6-3-5-22(26(25)36-2)18-31-28(34)29(17-20-7-11-23(30)12-8-20)19-38-27(32-29)21-9-13-24(14-10-21)37-16-4-15-33/h3,5-14,33H,4,15-19H2,1-2H3,(H,31,34)/t29-/m1/s1. The lowest BCUT2D eigenvalue weighted by atomic mass is 9.91. The molecular formula is C29H31BrN2O6. The van der Waals surface area contributed by atoms with E-state index < -0.39 is 5.54 Å². The van der Waals surface area contributed by atoms with Crippen molar-refractivity contribution in [3.63, 3.8) is 0 Å². The fourth-order valence-electron chi connectivity index (χ4n) is 4.20. The number of amides is 1. The number of hydrogen-bond acceptors (Lipinski definition) is 7. The summed E-state index contributed by atoms with van der Waals surface area (Å²) in [6, 6.07) is 20.7. The van der Waals surface area contributed by atoms with Crippen molar-refractivity contribution in [3.05, 3.63) is 87.9 Å². The fourth-order valence-corrected chi connectivity index (χ4v) is 4.47. The first-order valence-electron chi connectivity index (χ1n) is 12.3. The molecule has 0 radical (unpaired) electrons. The molecule has 0 aromatic heterocycles. The number of hydrogen-bond donors (Lipinski definition) is 2. The number of carbonyl (C=O) groups is 1. The van der Waals surface area contributed by atoms with Crippen LogP contribution in [0.1, 0.15) is 23.1 Å². The second-order valence-electron chi connectivity index (χ2n) is 8.83. The molecular weight excluding hydrogens is 552 g/mol. The van der Waals surface area contributed by atoms with Gasteiger partial charge in [0.1, 0.15) is 12.4 Å². The first kappa shape index (κ1) is 27.5. The molecule has 8 nitrogen and oxygen atoms in total. The maximum atomic E-state index is 13.7. The smallest absolute Gasteiger partial charge is 0.252 e. The Morgan fingerprint density at radius 1 is 1.08 bits per heavy atom. The van der Waals surface area contributed by atoms with Crippen molar-refractivity contribution >= 4 is 27.7 Å². The van der Waals surface area contributed by atoms with E-state index in [1.165, 1.54) is 0 Å². The number of halogens is 1. The maximum Gasteiger partial charge on any atom is 0.252 e. The number of para-hydroxylation sites is 1. The van der Waals surface area contributed by atoms with Crippen molar-refractivity contribution in [2.24, 2.45) is 4.99 Å². The van der Waals surface area contributed by atoms with Crippen molar-refractivity contribution < 1.29 is 28.8 Å². The monoisotopic (exact) mass is 582 g/mol. The number of methoxy groups -OCH3 is 2. The van der Waals surface area contributed by atoms with E-state index in [1.807, 2.05) is 66.7 Å². The molecule has 0 aliphatic carbocycles. The van der Waals surface area contributed by atoms with Gasteiger partial charge in [0.25, 0.3) is 5.91 Å². The van der Waals surface area contributed by atoms with E-state index in [-0.39, 0.29) is 25.7 Å². The summed E-state index contributed by atoms with van der Waals surface area (Å²) in [6.07, 6.45) is 0.931. The Bertz CT molecular complexity index is 1260. The molecule has 1 heterocycles. The lowest BCUT2D eigenvalue weighted by molar-refractivity contribution is -0.126. The quantitative estimate of drug-likeness (QED) is 0.309. The molecule has 0 fully saturated rings. The van der Waals surface area contributed by atoms with Crippen molar-refractivity contribution in [2.45, 2.75) is 24.9 Å². The first-order valence-corrected chi connectivity index (χ1v) is 13.1. The highest BCUT2D eigenvalue weighted by atomic mass is 79.9. The number of aliphatic imine (C=N–C) groups is 1. The zero-order chi connectivity index (χ0) is 27.0. The van der Waals surface area contributed by atoms with Gasteiger partial charge in [-0.15, -0.1) is 0 Å². The molecule has 200 valence electrons. The normalized spacial score (nSPS) is 16.4. The maximum absolute atomic E-state index is 13.7. The van der Waals surface area contributed by atoms with Crippen LogP contribution < -0.4 is 19.5 Å². The highest BCUT2D eigenvalue weighted by Gasteiger charge is 2.44. The summed E-state index contributed by atoms with van der Waals surface area (Å²) in [6.45, 7) is 0.859. The zero-order valence-electron chi connectivity index (χ0n) is 21.4. The number of ether oxygens (including phenoxy) is 4. The Labute approximate surface area is 230 Å². The summed E-state index contributed by atoms with van der Waals surface area (Å²) in [7, 11) is 3.15. The summed E-state index contributed by atoms with van der Waals surface area (Å²) in [5, 5.41) is 12.0. The van der Waals surface area contributed by atoms with Gasteiger partial charge in [0.2, 0.25) is 5.90 Å². The predicted octanol–water partition coefficient (Wildman–Crippen LogP) is 4.30. The lowest BCUT2D eigenvalue weighted by Crippen LogP contribution is -2.48. The highest BCUT2D eigenvalue weighted by molar-refractivity contribution is 9.10. The minimum Gasteiger partial charge on any atom is -0.494 e. The SMILES string of the molecule is COc1cccc(CNC(=O)[C@@]2(Cc3ccc(Br)cc3)COC(c3ccc(OCCCO)cc3)=N2)c1OC. The van der Waals surface area contributed by atoms with Gasteiger partial charge in [0, 0.05) is 41.6 Å². The fraction of sp³-hybridized carbons (Fsp3) is 0.310. The van der Waals surface area contributed by atoms with Crippen LogP contribution in [0, 0.1) is 0 Å². The largest absolute Gasteiger partial charge is 0.494 e. The lowest BCUT2D eigenvalue weighted by Gasteiger charge is -2.24. The van der Waals surface area contributed by atoms with Gasteiger partial charge in [0.05, 0.1) is 20.8 Å². The summed E-state index contributed by atoms with van der Waals surface area (Å²) in [5.74, 6) is 2.01. The van der Waals surface area contributed by atoms with Crippen LogP contribution in [0.25, 0.3) is 0 Å². The molecule has 0 saturated heterocycles. The van der Waals surface area contributed by atoms with E-state index in [9.17, 15) is 4.79 Å². The van der Waals surface area contributed by atoms with E-state index >= 15 is 0 Å². The molecule has 0 saturated carbocycles. The van der Waals surface area contributed by atoms with Crippen LogP contribution in [0.2, 0.25) is 0 Å². The van der Waals surface area contributed by atoms with Gasteiger partial charge in [-0.3, -0.25) is 4.79 Å². The third-order valence-electron chi connectivity index (χ3n) is 6.19. The average Bonchev–Trinajstić information content (AvgIpc) is 3.38. The van der Waals surface area contributed by atoms with Crippen LogP contribution in [0.15, 0.2) is 76.2 Å². The first-order chi connectivity index (χ1) is 18.5. The van der Waals surface area contributed by atoms with Crippen LogP contribution in [0.4, 0.5) is 0 Å². The van der Waals surface area contributed by atoms with E-state index in [4.69, 9.17) is 29.0 Å². The number of benzene rings is 3. The zero-order valence-corrected chi connectivity index (χ0v) is 23.0. The van der Waals surface area contributed by atoms with Gasteiger partial charge in [-0.2, -0.15) is 0 Å². The van der Waals surface area contributed by atoms with Gasteiger partial charge >= 0.3 is 0 Å². The molecule has 1 amide bonds. The van der Waals surface area contributed by atoms with Gasteiger partial charge < -0.3 is 29.4 Å². The summed E-state index contributed by atoms with van der Waals surface area (Å²) in [4.78, 5) is 18.6. The second-order valence-corrected chi connectivity index (χ2v) is 9.74. The Balaban J connectivity index is 1.58. The Kier molecular flexibility index (Phi) is 9.25. The van der Waals surface area contributed by atoms with Crippen molar-refractivity contribution in [1.29, 1.82) is 0 Å². The van der Waals surface area contributed by atoms with Crippen molar-refractivity contribution in [3.8, 4) is 17.2 Å². The number of carbonyl (C=O) groups excluding carboxylic acids is 1. The third-order valence-corrected chi connectivity index (χ3v) is 6.72. The molecule has 3 aromatic rings. The second kappa shape index (κ2) is 12.8. The number of aliphatic hydroxyl groups excluding tert-OH is 1. The van der Waals surface area contributed by atoms with Crippen LogP contribution in [0.5, 0.6) is 17.2 Å². The highest BCUT2D eigenvalue weighted by Crippen LogP contribution is 2.32. The van der Waals surface area contributed by atoms with Gasteiger partial charge in [-0.1, -0.05) is 40.2 Å².